The van der Waals surface area contributed by atoms with Gasteiger partial charge in [-0.2, -0.15) is 4.98 Å². The standard InChI is InChI=1S/C12H17N5O4/c1-20-7-8-14-9(21-16-8)6-17-10(18)12(15-11(17)19)2-4-13-5-3-12/h13H,2-7H2,1H3,(H,15,19). The molecule has 3 amide bonds. The third-order valence-corrected chi connectivity index (χ3v) is 3.78. The first-order valence-electron chi connectivity index (χ1n) is 6.80. The van der Waals surface area contributed by atoms with Crippen molar-refractivity contribution in [1.29, 1.82) is 0 Å². The molecule has 1 spiro atoms. The maximum atomic E-state index is 12.5. The van der Waals surface area contributed by atoms with E-state index in [1.807, 2.05) is 0 Å². The van der Waals surface area contributed by atoms with Crippen LogP contribution in [0.15, 0.2) is 4.52 Å². The van der Waals surface area contributed by atoms with E-state index in [4.69, 9.17) is 9.26 Å². The first-order chi connectivity index (χ1) is 10.1. The number of urea groups is 1. The minimum absolute atomic E-state index is 0.0173. The van der Waals surface area contributed by atoms with Crippen LogP contribution in [0.25, 0.3) is 0 Å². The average Bonchev–Trinajstić information content (AvgIpc) is 3.00. The SMILES string of the molecule is COCc1noc(CN2C(=O)NC3(CCNCC3)C2=O)n1. The van der Waals surface area contributed by atoms with Crippen LogP contribution in [0.2, 0.25) is 0 Å². The van der Waals surface area contributed by atoms with E-state index < -0.39 is 11.6 Å². The first-order valence-corrected chi connectivity index (χ1v) is 6.80. The molecule has 2 saturated heterocycles. The third kappa shape index (κ3) is 2.49. The molecule has 9 nitrogen and oxygen atoms in total. The molecule has 21 heavy (non-hydrogen) atoms. The summed E-state index contributed by atoms with van der Waals surface area (Å²) in [6, 6.07) is -0.409. The summed E-state index contributed by atoms with van der Waals surface area (Å²) in [5.41, 5.74) is -0.780. The number of imide groups is 1. The fourth-order valence-electron chi connectivity index (χ4n) is 2.69. The highest BCUT2D eigenvalue weighted by Crippen LogP contribution is 2.27. The van der Waals surface area contributed by atoms with Crippen LogP contribution in [0.3, 0.4) is 0 Å². The van der Waals surface area contributed by atoms with Crippen LogP contribution >= 0.6 is 0 Å². The second kappa shape index (κ2) is 5.41. The monoisotopic (exact) mass is 295 g/mol. The largest absolute Gasteiger partial charge is 0.377 e. The molecule has 0 atom stereocenters. The molecule has 3 rings (SSSR count). The normalized spacial score (nSPS) is 21.1. The molecule has 114 valence electrons. The summed E-state index contributed by atoms with van der Waals surface area (Å²) < 4.78 is 9.92. The first kappa shape index (κ1) is 14.0. The lowest BCUT2D eigenvalue weighted by atomic mass is 9.88. The number of amides is 3. The zero-order chi connectivity index (χ0) is 14.9. The van der Waals surface area contributed by atoms with Crippen molar-refractivity contribution >= 4 is 11.9 Å². The number of nitrogens with one attached hydrogen (secondary N) is 2. The molecule has 1 aromatic heterocycles. The van der Waals surface area contributed by atoms with E-state index in [1.54, 1.807) is 0 Å². The Balaban J connectivity index is 1.72. The van der Waals surface area contributed by atoms with Crippen LogP contribution in [-0.4, -0.2) is 52.7 Å². The molecule has 1 aromatic rings. The molecule has 0 aliphatic carbocycles. The van der Waals surface area contributed by atoms with Gasteiger partial charge < -0.3 is 19.9 Å². The Morgan fingerprint density at radius 3 is 2.86 bits per heavy atom. The fourth-order valence-corrected chi connectivity index (χ4v) is 2.69. The Hall–Kier alpha value is -2.00. The van der Waals surface area contributed by atoms with Gasteiger partial charge in [0.05, 0.1) is 0 Å². The van der Waals surface area contributed by atoms with Crippen LogP contribution in [0, 0.1) is 0 Å². The molecule has 2 fully saturated rings. The van der Waals surface area contributed by atoms with E-state index >= 15 is 0 Å². The Kier molecular flexibility index (Phi) is 3.60. The topological polar surface area (TPSA) is 110 Å². The molecular weight excluding hydrogens is 278 g/mol. The van der Waals surface area contributed by atoms with Crippen LogP contribution in [0.4, 0.5) is 4.79 Å². The van der Waals surface area contributed by atoms with E-state index in [2.05, 4.69) is 20.8 Å². The van der Waals surface area contributed by atoms with Gasteiger partial charge in [-0.3, -0.25) is 9.69 Å². The van der Waals surface area contributed by atoms with Gasteiger partial charge >= 0.3 is 6.03 Å². The van der Waals surface area contributed by atoms with Gasteiger partial charge in [-0.1, -0.05) is 5.16 Å². The highest BCUT2D eigenvalue weighted by molar-refractivity contribution is 6.07. The number of rotatable bonds is 4. The number of carbonyl (C=O) groups is 2. The molecule has 2 N–H and O–H groups in total. The zero-order valence-electron chi connectivity index (χ0n) is 11.7. The van der Waals surface area contributed by atoms with Crippen molar-refractivity contribution in [2.75, 3.05) is 20.2 Å². The number of methoxy groups -OCH3 is 1. The van der Waals surface area contributed by atoms with Gasteiger partial charge in [0.1, 0.15) is 18.7 Å². The van der Waals surface area contributed by atoms with E-state index in [1.165, 1.54) is 7.11 Å². The number of aromatic nitrogens is 2. The molecule has 2 aliphatic heterocycles. The summed E-state index contributed by atoms with van der Waals surface area (Å²) in [4.78, 5) is 29.8. The number of hydrogen-bond acceptors (Lipinski definition) is 7. The maximum absolute atomic E-state index is 12.5. The molecule has 0 saturated carbocycles. The molecule has 0 aromatic carbocycles. The van der Waals surface area contributed by atoms with E-state index in [9.17, 15) is 9.59 Å². The maximum Gasteiger partial charge on any atom is 0.325 e. The van der Waals surface area contributed by atoms with Gasteiger partial charge in [-0.05, 0) is 25.9 Å². The second-order valence-corrected chi connectivity index (χ2v) is 5.19. The minimum Gasteiger partial charge on any atom is -0.377 e. The van der Waals surface area contributed by atoms with Gasteiger partial charge in [0.15, 0.2) is 5.82 Å². The average molecular weight is 295 g/mol. The summed E-state index contributed by atoms with van der Waals surface area (Å²) in [5, 5.41) is 9.69. The van der Waals surface area contributed by atoms with Gasteiger partial charge in [0.25, 0.3) is 5.91 Å². The van der Waals surface area contributed by atoms with Crippen molar-refractivity contribution in [3.05, 3.63) is 11.7 Å². The third-order valence-electron chi connectivity index (χ3n) is 3.78. The lowest BCUT2D eigenvalue weighted by Crippen LogP contribution is -2.53. The molecule has 3 heterocycles. The fraction of sp³-hybridized carbons (Fsp3) is 0.667. The zero-order valence-corrected chi connectivity index (χ0v) is 11.7. The van der Waals surface area contributed by atoms with Crippen LogP contribution in [0.1, 0.15) is 24.6 Å². The number of carbonyl (C=O) groups excluding carboxylic acids is 2. The minimum atomic E-state index is -0.780. The summed E-state index contributed by atoms with van der Waals surface area (Å²) in [6.07, 6.45) is 1.18. The van der Waals surface area contributed by atoms with Crippen molar-refractivity contribution in [2.45, 2.75) is 31.5 Å². The van der Waals surface area contributed by atoms with Gasteiger partial charge in [-0.15, -0.1) is 0 Å². The Morgan fingerprint density at radius 2 is 2.14 bits per heavy atom. The summed E-state index contributed by atoms with van der Waals surface area (Å²) >= 11 is 0. The molecule has 0 bridgehead atoms. The molecule has 0 radical (unpaired) electrons. The van der Waals surface area contributed by atoms with E-state index in [0.717, 1.165) is 4.90 Å². The van der Waals surface area contributed by atoms with E-state index in [-0.39, 0.29) is 24.9 Å². The number of piperidine rings is 1. The quantitative estimate of drug-likeness (QED) is 0.713. The lowest BCUT2D eigenvalue weighted by molar-refractivity contribution is -0.132. The summed E-state index contributed by atoms with van der Waals surface area (Å²) in [6.45, 7) is 1.62. The predicted molar refractivity (Wildman–Crippen MR) is 68.9 cm³/mol. The van der Waals surface area contributed by atoms with Gasteiger partial charge in [-0.25, -0.2) is 4.79 Å². The Morgan fingerprint density at radius 1 is 1.38 bits per heavy atom. The second-order valence-electron chi connectivity index (χ2n) is 5.19. The molecular formula is C12H17N5O4. The van der Waals surface area contributed by atoms with Gasteiger partial charge in [0, 0.05) is 7.11 Å². The number of nitrogens with zero attached hydrogens (tertiary/aromatic N) is 3. The van der Waals surface area contributed by atoms with E-state index in [0.29, 0.717) is 31.8 Å². The smallest absolute Gasteiger partial charge is 0.325 e. The van der Waals surface area contributed by atoms with Crippen LogP contribution in [0.5, 0.6) is 0 Å². The molecule has 0 unspecified atom stereocenters. The number of hydrogen-bond donors (Lipinski definition) is 2. The molecule has 9 heteroatoms. The van der Waals surface area contributed by atoms with Crippen molar-refractivity contribution < 1.29 is 18.8 Å². The highest BCUT2D eigenvalue weighted by Gasteiger charge is 2.51. The lowest BCUT2D eigenvalue weighted by Gasteiger charge is -2.30. The van der Waals surface area contributed by atoms with Crippen LogP contribution in [-0.2, 0) is 22.7 Å². The van der Waals surface area contributed by atoms with Crippen molar-refractivity contribution in [2.24, 2.45) is 0 Å². The predicted octanol–water partition coefficient (Wildman–Crippen LogP) is -0.610. The van der Waals surface area contributed by atoms with Gasteiger partial charge in [0.2, 0.25) is 5.89 Å². The van der Waals surface area contributed by atoms with Crippen molar-refractivity contribution in [3.8, 4) is 0 Å². The van der Waals surface area contributed by atoms with Crippen molar-refractivity contribution in [3.63, 3.8) is 0 Å². The summed E-state index contributed by atoms with van der Waals surface area (Å²) in [7, 11) is 1.52. The van der Waals surface area contributed by atoms with Crippen molar-refractivity contribution in [1.82, 2.24) is 25.7 Å². The Labute approximate surface area is 121 Å². The molecule has 2 aliphatic rings. The van der Waals surface area contributed by atoms with Crippen LogP contribution < -0.4 is 10.6 Å². The summed E-state index contributed by atoms with van der Waals surface area (Å²) in [5.74, 6) is 0.383. The highest BCUT2D eigenvalue weighted by atomic mass is 16.5. The number of ether oxygens (including phenoxy) is 1. The Bertz CT molecular complexity index is 552.